The summed E-state index contributed by atoms with van der Waals surface area (Å²) in [6.45, 7) is 6.28. The molecule has 5 heteroatoms. The molecule has 40 heavy (non-hydrogen) atoms. The second kappa shape index (κ2) is 11.8. The second-order valence-electron chi connectivity index (χ2n) is 11.8. The van der Waals surface area contributed by atoms with Crippen LogP contribution in [0.5, 0.6) is 0 Å². The first-order valence-electron chi connectivity index (χ1n) is 14.8. The summed E-state index contributed by atoms with van der Waals surface area (Å²) in [6.07, 6.45) is 7.33. The Balaban J connectivity index is 1.20. The molecule has 3 atom stereocenters. The molecule has 1 saturated heterocycles. The van der Waals surface area contributed by atoms with Gasteiger partial charge in [-0.2, -0.15) is 0 Å². The van der Waals surface area contributed by atoms with Gasteiger partial charge in [0.05, 0.1) is 0 Å². The van der Waals surface area contributed by atoms with Crippen LogP contribution >= 0.6 is 0 Å². The van der Waals surface area contributed by atoms with E-state index >= 15 is 0 Å². The SMILES string of the molecule is C=C1CCC(N2Cc3cc(C[C@H]4CCCC[C@@H]4N(Cc4ccccc4)Cc4ccccc4)ccc3C2=O)C(=O)N1. The summed E-state index contributed by atoms with van der Waals surface area (Å²) in [4.78, 5) is 30.3. The molecule has 2 heterocycles. The van der Waals surface area contributed by atoms with E-state index in [-0.39, 0.29) is 11.8 Å². The second-order valence-corrected chi connectivity index (χ2v) is 11.8. The third kappa shape index (κ3) is 5.75. The maximum absolute atomic E-state index is 13.2. The minimum atomic E-state index is -0.416. The first kappa shape index (κ1) is 26.5. The fourth-order valence-electron chi connectivity index (χ4n) is 6.97. The lowest BCUT2D eigenvalue weighted by Gasteiger charge is -2.40. The molecule has 1 unspecified atom stereocenters. The maximum atomic E-state index is 13.2. The van der Waals surface area contributed by atoms with Crippen molar-refractivity contribution >= 4 is 11.8 Å². The summed E-state index contributed by atoms with van der Waals surface area (Å²) in [5.74, 6) is 0.420. The van der Waals surface area contributed by atoms with E-state index in [4.69, 9.17) is 0 Å². The fourth-order valence-corrected chi connectivity index (χ4v) is 6.97. The lowest BCUT2D eigenvalue weighted by atomic mass is 9.79. The van der Waals surface area contributed by atoms with E-state index in [1.807, 2.05) is 6.07 Å². The molecule has 3 aromatic carbocycles. The van der Waals surface area contributed by atoms with E-state index in [1.165, 1.54) is 42.4 Å². The van der Waals surface area contributed by atoms with Gasteiger partial charge in [0.15, 0.2) is 0 Å². The van der Waals surface area contributed by atoms with E-state index in [2.05, 4.69) is 89.6 Å². The van der Waals surface area contributed by atoms with E-state index in [9.17, 15) is 9.59 Å². The molecule has 3 aromatic rings. The number of allylic oxidation sites excluding steroid dienone is 1. The van der Waals surface area contributed by atoms with Crippen LogP contribution in [0.4, 0.5) is 0 Å². The molecule has 0 bridgehead atoms. The van der Waals surface area contributed by atoms with Crippen molar-refractivity contribution in [3.8, 4) is 0 Å². The van der Waals surface area contributed by atoms with Crippen molar-refractivity contribution in [3.63, 3.8) is 0 Å². The highest BCUT2D eigenvalue weighted by molar-refractivity contribution is 6.01. The van der Waals surface area contributed by atoms with Crippen LogP contribution in [0.15, 0.2) is 91.1 Å². The number of benzene rings is 3. The largest absolute Gasteiger partial charge is 0.329 e. The number of hydrogen-bond acceptors (Lipinski definition) is 3. The molecule has 2 fully saturated rings. The van der Waals surface area contributed by atoms with Gasteiger partial charge in [0.25, 0.3) is 5.91 Å². The number of nitrogens with one attached hydrogen (secondary N) is 1. The van der Waals surface area contributed by atoms with Crippen molar-refractivity contribution in [3.05, 3.63) is 119 Å². The first-order valence-corrected chi connectivity index (χ1v) is 14.8. The van der Waals surface area contributed by atoms with Crippen LogP contribution in [-0.4, -0.2) is 33.7 Å². The molecule has 2 amide bonds. The molecular formula is C35H39N3O2. The van der Waals surface area contributed by atoms with Crippen LogP contribution in [0.25, 0.3) is 0 Å². The molecule has 6 rings (SSSR count). The van der Waals surface area contributed by atoms with Crippen molar-refractivity contribution in [2.45, 2.75) is 76.7 Å². The molecule has 1 aliphatic carbocycles. The van der Waals surface area contributed by atoms with E-state index in [0.717, 1.165) is 36.3 Å². The molecule has 5 nitrogen and oxygen atoms in total. The zero-order chi connectivity index (χ0) is 27.5. The highest BCUT2D eigenvalue weighted by Gasteiger charge is 2.38. The van der Waals surface area contributed by atoms with Crippen LogP contribution in [-0.2, 0) is 30.8 Å². The Labute approximate surface area is 237 Å². The highest BCUT2D eigenvalue weighted by Crippen LogP contribution is 2.35. The van der Waals surface area contributed by atoms with E-state index in [1.54, 1.807) is 4.90 Å². The van der Waals surface area contributed by atoms with Crippen molar-refractivity contribution in [2.24, 2.45) is 5.92 Å². The van der Waals surface area contributed by atoms with Gasteiger partial charge in [-0.1, -0.05) is 92.2 Å². The first-order chi connectivity index (χ1) is 19.5. The number of hydrogen-bond donors (Lipinski definition) is 1. The Kier molecular flexibility index (Phi) is 7.83. The minimum absolute atomic E-state index is 0.0262. The van der Waals surface area contributed by atoms with Gasteiger partial charge in [-0.25, -0.2) is 0 Å². The van der Waals surface area contributed by atoms with Crippen LogP contribution in [0, 0.1) is 5.92 Å². The lowest BCUT2D eigenvalue weighted by Crippen LogP contribution is -2.49. The Bertz CT molecular complexity index is 1330. The van der Waals surface area contributed by atoms with Gasteiger partial charge < -0.3 is 10.2 Å². The summed E-state index contributed by atoms with van der Waals surface area (Å²) in [5, 5.41) is 2.84. The van der Waals surface area contributed by atoms with Crippen LogP contribution in [0.3, 0.4) is 0 Å². The van der Waals surface area contributed by atoms with Gasteiger partial charge in [0.2, 0.25) is 5.91 Å². The fraction of sp³-hybridized carbons (Fsp3) is 0.371. The van der Waals surface area contributed by atoms with Crippen molar-refractivity contribution in [2.75, 3.05) is 0 Å². The van der Waals surface area contributed by atoms with Crippen molar-refractivity contribution in [1.29, 1.82) is 0 Å². The predicted molar refractivity (Wildman–Crippen MR) is 158 cm³/mol. The summed E-state index contributed by atoms with van der Waals surface area (Å²) < 4.78 is 0. The zero-order valence-electron chi connectivity index (χ0n) is 23.2. The Morgan fingerprint density at radius 1 is 0.825 bits per heavy atom. The smallest absolute Gasteiger partial charge is 0.255 e. The Morgan fingerprint density at radius 3 is 2.17 bits per heavy atom. The number of fused-ring (bicyclic) bond motifs is 1. The quantitative estimate of drug-likeness (QED) is 0.373. The van der Waals surface area contributed by atoms with Crippen LogP contribution < -0.4 is 5.32 Å². The summed E-state index contributed by atoms with van der Waals surface area (Å²) in [6, 6.07) is 28.1. The normalized spacial score (nSPS) is 22.9. The molecule has 0 aromatic heterocycles. The molecule has 1 saturated carbocycles. The zero-order valence-corrected chi connectivity index (χ0v) is 23.2. The van der Waals surface area contributed by atoms with Gasteiger partial charge in [-0.05, 0) is 66.3 Å². The number of carbonyl (C=O) groups excluding carboxylic acids is 2. The standard InChI is InChI=1S/C35H39N3O2/c1-25-16-19-33(34(39)36-25)38-24-30-21-28(17-18-31(30)35(38)40)20-29-14-8-9-15-32(29)37(22-26-10-4-2-5-11-26)23-27-12-6-3-7-13-27/h2-7,10-13,17-18,21,29,32-33H,1,8-9,14-16,19-20,22-24H2,(H,36,39)/t29-,32+,33?/m1/s1. The van der Waals surface area contributed by atoms with E-state index in [0.29, 0.717) is 31.3 Å². The maximum Gasteiger partial charge on any atom is 0.255 e. The average molecular weight is 534 g/mol. The summed E-state index contributed by atoms with van der Waals surface area (Å²) >= 11 is 0. The highest BCUT2D eigenvalue weighted by atomic mass is 16.2. The van der Waals surface area contributed by atoms with Crippen molar-refractivity contribution < 1.29 is 9.59 Å². The van der Waals surface area contributed by atoms with Crippen LogP contribution in [0.1, 0.15) is 71.1 Å². The lowest BCUT2D eigenvalue weighted by molar-refractivity contribution is -0.126. The molecular weight excluding hydrogens is 494 g/mol. The Hall–Kier alpha value is -3.70. The molecule has 3 aliphatic rings. The van der Waals surface area contributed by atoms with Gasteiger partial charge in [0, 0.05) is 36.9 Å². The van der Waals surface area contributed by atoms with E-state index < -0.39 is 6.04 Å². The minimum Gasteiger partial charge on any atom is -0.329 e. The molecule has 0 radical (unpaired) electrons. The molecule has 2 aliphatic heterocycles. The number of amides is 2. The predicted octanol–water partition coefficient (Wildman–Crippen LogP) is 6.24. The summed E-state index contributed by atoms with van der Waals surface area (Å²) in [5.41, 5.74) is 6.55. The number of rotatable bonds is 8. The van der Waals surface area contributed by atoms with Gasteiger partial charge in [-0.15, -0.1) is 0 Å². The third-order valence-corrected chi connectivity index (χ3v) is 8.99. The van der Waals surface area contributed by atoms with Crippen molar-refractivity contribution in [1.82, 2.24) is 15.1 Å². The topological polar surface area (TPSA) is 52.7 Å². The number of piperidine rings is 1. The van der Waals surface area contributed by atoms with Gasteiger partial charge in [0.1, 0.15) is 6.04 Å². The van der Waals surface area contributed by atoms with Gasteiger partial charge in [-0.3, -0.25) is 14.5 Å². The average Bonchev–Trinajstić information content (AvgIpc) is 3.29. The monoisotopic (exact) mass is 533 g/mol. The number of nitrogens with zero attached hydrogens (tertiary/aromatic N) is 2. The Morgan fingerprint density at radius 2 is 1.50 bits per heavy atom. The third-order valence-electron chi connectivity index (χ3n) is 8.99. The molecule has 1 N–H and O–H groups in total. The molecule has 0 spiro atoms. The summed E-state index contributed by atoms with van der Waals surface area (Å²) in [7, 11) is 0. The molecule has 206 valence electrons. The number of carbonyl (C=O) groups is 2. The van der Waals surface area contributed by atoms with Gasteiger partial charge >= 0.3 is 0 Å². The van der Waals surface area contributed by atoms with Crippen LogP contribution in [0.2, 0.25) is 0 Å².